The smallest absolute Gasteiger partial charge is 0.134 e. The number of nitrogens with one attached hydrogen (secondary N) is 1. The van der Waals surface area contributed by atoms with E-state index >= 15 is 0 Å². The van der Waals surface area contributed by atoms with Gasteiger partial charge >= 0.3 is 0 Å². The van der Waals surface area contributed by atoms with Crippen LogP contribution >= 0.6 is 27.3 Å². The minimum atomic E-state index is 0.635. The summed E-state index contributed by atoms with van der Waals surface area (Å²) in [4.78, 5) is 1.24. The first-order valence-corrected chi connectivity index (χ1v) is 8.15. The van der Waals surface area contributed by atoms with Crippen LogP contribution in [0, 0.1) is 0 Å². The fourth-order valence-electron chi connectivity index (χ4n) is 1.86. The second-order valence-corrected chi connectivity index (χ2v) is 6.67. The Kier molecular flexibility index (Phi) is 4.21. The first-order chi connectivity index (χ1) is 9.31. The van der Waals surface area contributed by atoms with Crippen molar-refractivity contribution in [3.05, 3.63) is 50.6 Å². The van der Waals surface area contributed by atoms with Crippen LogP contribution in [0.3, 0.4) is 0 Å². The molecule has 1 aromatic heterocycles. The number of thiophene rings is 1. The average molecular weight is 338 g/mol. The lowest BCUT2D eigenvalue weighted by molar-refractivity contribution is 0.307. The van der Waals surface area contributed by atoms with Crippen LogP contribution in [0.15, 0.2) is 40.2 Å². The van der Waals surface area contributed by atoms with E-state index < -0.39 is 0 Å². The number of benzene rings is 1. The normalized spacial score (nSPS) is 14.6. The lowest BCUT2D eigenvalue weighted by Gasteiger charge is -2.09. The van der Waals surface area contributed by atoms with Gasteiger partial charge in [0, 0.05) is 17.5 Å². The minimum absolute atomic E-state index is 0.635. The Hall–Kier alpha value is -0.840. The first-order valence-electron chi connectivity index (χ1n) is 6.48. The van der Waals surface area contributed by atoms with Crippen LogP contribution in [0.5, 0.6) is 5.75 Å². The van der Waals surface area contributed by atoms with E-state index in [0.717, 1.165) is 22.8 Å². The molecule has 0 bridgehead atoms. The summed E-state index contributed by atoms with van der Waals surface area (Å²) in [6.07, 6.45) is 2.65. The summed E-state index contributed by atoms with van der Waals surface area (Å²) in [6.45, 7) is 1.57. The molecule has 1 saturated carbocycles. The lowest BCUT2D eigenvalue weighted by Crippen LogP contribution is -2.15. The summed E-state index contributed by atoms with van der Waals surface area (Å²) in [5.41, 5.74) is 1.29. The second-order valence-electron chi connectivity index (χ2n) is 4.79. The summed E-state index contributed by atoms with van der Waals surface area (Å²) in [5, 5.41) is 5.58. The highest BCUT2D eigenvalue weighted by Gasteiger charge is 2.19. The van der Waals surface area contributed by atoms with E-state index in [1.165, 1.54) is 23.3 Å². The van der Waals surface area contributed by atoms with Crippen LogP contribution in [0.1, 0.15) is 23.3 Å². The zero-order valence-electron chi connectivity index (χ0n) is 10.6. The molecule has 0 radical (unpaired) electrons. The summed E-state index contributed by atoms with van der Waals surface area (Å²) in [5.74, 6) is 0.906. The third-order valence-corrected chi connectivity index (χ3v) is 4.59. The van der Waals surface area contributed by atoms with E-state index in [9.17, 15) is 0 Å². The third kappa shape index (κ3) is 3.81. The number of halogens is 1. The van der Waals surface area contributed by atoms with Crippen LogP contribution < -0.4 is 10.1 Å². The molecule has 0 saturated heterocycles. The molecule has 0 atom stereocenters. The molecule has 100 valence electrons. The van der Waals surface area contributed by atoms with Crippen LogP contribution in [0.2, 0.25) is 0 Å². The van der Waals surface area contributed by atoms with Gasteiger partial charge < -0.3 is 10.1 Å². The Morgan fingerprint density at radius 1 is 1.32 bits per heavy atom. The van der Waals surface area contributed by atoms with Crippen molar-refractivity contribution in [2.75, 3.05) is 0 Å². The van der Waals surface area contributed by atoms with E-state index in [2.05, 4.69) is 44.8 Å². The van der Waals surface area contributed by atoms with Gasteiger partial charge in [-0.05, 0) is 57.9 Å². The maximum Gasteiger partial charge on any atom is 0.134 e. The van der Waals surface area contributed by atoms with Crippen molar-refractivity contribution in [3.8, 4) is 5.75 Å². The second kappa shape index (κ2) is 6.07. The first kappa shape index (κ1) is 13.2. The summed E-state index contributed by atoms with van der Waals surface area (Å²) < 4.78 is 6.84. The molecule has 0 amide bonds. The van der Waals surface area contributed by atoms with Gasteiger partial charge in [-0.2, -0.15) is 0 Å². The molecule has 19 heavy (non-hydrogen) atoms. The Morgan fingerprint density at radius 2 is 2.21 bits per heavy atom. The van der Waals surface area contributed by atoms with Crippen molar-refractivity contribution in [1.82, 2.24) is 5.32 Å². The summed E-state index contributed by atoms with van der Waals surface area (Å²) in [6, 6.07) is 11.2. The Balaban J connectivity index is 1.58. The summed E-state index contributed by atoms with van der Waals surface area (Å²) in [7, 11) is 0. The Labute approximate surface area is 125 Å². The van der Waals surface area contributed by atoms with Crippen LogP contribution in [0.4, 0.5) is 0 Å². The van der Waals surface area contributed by atoms with Crippen molar-refractivity contribution in [3.63, 3.8) is 0 Å². The van der Waals surface area contributed by atoms with Crippen molar-refractivity contribution in [2.24, 2.45) is 0 Å². The number of rotatable bonds is 6. The molecular weight excluding hydrogens is 322 g/mol. The van der Waals surface area contributed by atoms with E-state index in [1.807, 2.05) is 12.1 Å². The molecule has 3 rings (SSSR count). The Bertz CT molecular complexity index is 537. The fourth-order valence-corrected chi connectivity index (χ4v) is 3.02. The highest BCUT2D eigenvalue weighted by Crippen LogP contribution is 2.28. The number of ether oxygens (including phenoxy) is 1. The van der Waals surface area contributed by atoms with E-state index in [0.29, 0.717) is 6.61 Å². The molecule has 1 N–H and O–H groups in total. The average Bonchev–Trinajstić information content (AvgIpc) is 3.10. The molecule has 2 nitrogen and oxygen atoms in total. The van der Waals surface area contributed by atoms with Crippen LogP contribution in [-0.2, 0) is 13.2 Å². The molecule has 0 spiro atoms. The lowest BCUT2D eigenvalue weighted by atomic mass is 10.2. The van der Waals surface area contributed by atoms with Crippen LogP contribution in [0.25, 0.3) is 0 Å². The standard InChI is InChI=1S/C15H16BrNOS/c16-14-8-11(9-17-12-4-5-12)3-6-15(14)18-10-13-2-1-7-19-13/h1-3,6-8,12,17H,4-5,9-10H2. The van der Waals surface area contributed by atoms with E-state index in [4.69, 9.17) is 4.74 Å². The fraction of sp³-hybridized carbons (Fsp3) is 0.333. The molecule has 1 aliphatic carbocycles. The van der Waals surface area contributed by atoms with Crippen molar-refractivity contribution in [2.45, 2.75) is 32.0 Å². The minimum Gasteiger partial charge on any atom is -0.487 e. The van der Waals surface area contributed by atoms with Gasteiger partial charge in [-0.3, -0.25) is 0 Å². The topological polar surface area (TPSA) is 21.3 Å². The van der Waals surface area contributed by atoms with Gasteiger partial charge in [-0.15, -0.1) is 11.3 Å². The third-order valence-electron chi connectivity index (χ3n) is 3.12. The predicted molar refractivity (Wildman–Crippen MR) is 82.7 cm³/mol. The van der Waals surface area contributed by atoms with Gasteiger partial charge in [0.25, 0.3) is 0 Å². The molecule has 2 aromatic rings. The molecule has 1 aromatic carbocycles. The maximum absolute atomic E-state index is 5.82. The molecule has 0 unspecified atom stereocenters. The molecular formula is C15H16BrNOS. The van der Waals surface area contributed by atoms with Crippen molar-refractivity contribution in [1.29, 1.82) is 0 Å². The largest absolute Gasteiger partial charge is 0.487 e. The SMILES string of the molecule is Brc1cc(CNC2CC2)ccc1OCc1cccs1. The van der Waals surface area contributed by atoms with Crippen LogP contribution in [-0.4, -0.2) is 6.04 Å². The van der Waals surface area contributed by atoms with Gasteiger partial charge in [0.1, 0.15) is 12.4 Å². The zero-order valence-corrected chi connectivity index (χ0v) is 13.0. The quantitative estimate of drug-likeness (QED) is 0.846. The molecule has 1 fully saturated rings. The molecule has 1 aliphatic rings. The zero-order chi connectivity index (χ0) is 13.1. The molecule has 1 heterocycles. The number of hydrogen-bond donors (Lipinski definition) is 1. The number of hydrogen-bond acceptors (Lipinski definition) is 3. The van der Waals surface area contributed by atoms with Crippen molar-refractivity contribution < 1.29 is 4.74 Å². The van der Waals surface area contributed by atoms with E-state index in [-0.39, 0.29) is 0 Å². The predicted octanol–water partition coefficient (Wildman–Crippen LogP) is 4.34. The van der Waals surface area contributed by atoms with Gasteiger partial charge in [0.2, 0.25) is 0 Å². The van der Waals surface area contributed by atoms with Crippen molar-refractivity contribution >= 4 is 27.3 Å². The Morgan fingerprint density at radius 3 is 2.89 bits per heavy atom. The highest BCUT2D eigenvalue weighted by atomic mass is 79.9. The maximum atomic E-state index is 5.82. The monoisotopic (exact) mass is 337 g/mol. The van der Waals surface area contributed by atoms with Gasteiger partial charge in [0.15, 0.2) is 0 Å². The van der Waals surface area contributed by atoms with E-state index in [1.54, 1.807) is 11.3 Å². The highest BCUT2D eigenvalue weighted by molar-refractivity contribution is 9.10. The summed E-state index contributed by atoms with van der Waals surface area (Å²) >= 11 is 5.30. The van der Waals surface area contributed by atoms with Gasteiger partial charge in [-0.1, -0.05) is 12.1 Å². The molecule has 0 aliphatic heterocycles. The molecule has 4 heteroatoms. The van der Waals surface area contributed by atoms with Gasteiger partial charge in [0.05, 0.1) is 4.47 Å². The van der Waals surface area contributed by atoms with Gasteiger partial charge in [-0.25, -0.2) is 0 Å².